The minimum Gasteiger partial charge on any atom is -0.489 e. The fourth-order valence-corrected chi connectivity index (χ4v) is 4.08. The van der Waals surface area contributed by atoms with Crippen molar-refractivity contribution in [3.63, 3.8) is 0 Å². The molecule has 0 bridgehead atoms. The Morgan fingerprint density at radius 1 is 1.09 bits per heavy atom. The van der Waals surface area contributed by atoms with Crippen molar-refractivity contribution < 1.29 is 19.0 Å². The Labute approximate surface area is 203 Å². The average molecular weight is 482 g/mol. The van der Waals surface area contributed by atoms with Gasteiger partial charge >= 0.3 is 5.97 Å². The molecule has 0 fully saturated rings. The standard InChI is InChI=1S/C26H24ClNO4S/c1-2-30-24(29)15-23-26(33)28-22-12-11-19(27)14-21(22)25(32-23)18-9-6-10-20(13-18)31-16-17-7-4-3-5-8-17/h3-14,23,25H,2,15-16H2,1H3,(H,28,33). The summed E-state index contributed by atoms with van der Waals surface area (Å²) in [6.07, 6.45) is -1.14. The second kappa shape index (κ2) is 10.8. The van der Waals surface area contributed by atoms with Gasteiger partial charge in [-0.05, 0) is 48.4 Å². The summed E-state index contributed by atoms with van der Waals surface area (Å²) in [6, 6.07) is 23.2. The largest absolute Gasteiger partial charge is 0.489 e. The summed E-state index contributed by atoms with van der Waals surface area (Å²) in [7, 11) is 0. The van der Waals surface area contributed by atoms with Crippen LogP contribution < -0.4 is 10.1 Å². The number of nitrogens with one attached hydrogen (secondary N) is 1. The van der Waals surface area contributed by atoms with Crippen LogP contribution in [0.15, 0.2) is 72.8 Å². The molecule has 3 aromatic rings. The van der Waals surface area contributed by atoms with E-state index in [1.165, 1.54) is 0 Å². The number of halogens is 1. The first-order valence-electron chi connectivity index (χ1n) is 10.7. The van der Waals surface area contributed by atoms with E-state index in [0.717, 1.165) is 22.4 Å². The molecule has 0 saturated carbocycles. The predicted molar refractivity (Wildman–Crippen MR) is 133 cm³/mol. The van der Waals surface area contributed by atoms with E-state index in [0.29, 0.717) is 29.0 Å². The molecule has 0 radical (unpaired) electrons. The molecule has 0 saturated heterocycles. The molecule has 4 rings (SSSR count). The number of thiocarbonyl (C=S) groups is 1. The molecule has 2 atom stereocenters. The van der Waals surface area contributed by atoms with Gasteiger partial charge in [-0.3, -0.25) is 4.79 Å². The third kappa shape index (κ3) is 5.90. The molecule has 1 N–H and O–H groups in total. The molecule has 5 nitrogen and oxygen atoms in total. The van der Waals surface area contributed by atoms with Crippen LogP contribution in [0.1, 0.15) is 36.1 Å². The number of esters is 1. The van der Waals surface area contributed by atoms with Crippen molar-refractivity contribution in [2.45, 2.75) is 32.2 Å². The van der Waals surface area contributed by atoms with Crippen LogP contribution in [0.25, 0.3) is 0 Å². The first-order chi connectivity index (χ1) is 16.0. The van der Waals surface area contributed by atoms with Crippen molar-refractivity contribution in [3.05, 3.63) is 94.5 Å². The molecular formula is C26H24ClNO4S. The Morgan fingerprint density at radius 3 is 2.70 bits per heavy atom. The van der Waals surface area contributed by atoms with Gasteiger partial charge in [-0.1, -0.05) is 66.3 Å². The Bertz CT molecular complexity index is 1140. The summed E-state index contributed by atoms with van der Waals surface area (Å²) < 4.78 is 17.5. The summed E-state index contributed by atoms with van der Waals surface area (Å²) in [4.78, 5) is 12.6. The van der Waals surface area contributed by atoms with Crippen LogP contribution >= 0.6 is 23.8 Å². The van der Waals surface area contributed by atoms with E-state index in [1.807, 2.05) is 66.7 Å². The number of fused-ring (bicyclic) bond motifs is 1. The van der Waals surface area contributed by atoms with Gasteiger partial charge in [0.05, 0.1) is 13.0 Å². The van der Waals surface area contributed by atoms with Crippen LogP contribution in [0.2, 0.25) is 5.02 Å². The number of hydrogen-bond donors (Lipinski definition) is 1. The highest BCUT2D eigenvalue weighted by Crippen LogP contribution is 2.38. The highest BCUT2D eigenvalue weighted by atomic mass is 35.5. The predicted octanol–water partition coefficient (Wildman–Crippen LogP) is 6.10. The van der Waals surface area contributed by atoms with Crippen molar-refractivity contribution in [1.29, 1.82) is 0 Å². The SMILES string of the molecule is CCOC(=O)CC1OC(c2cccc(OCc3ccccc3)c2)c2cc(Cl)ccc2NC1=S. The smallest absolute Gasteiger partial charge is 0.308 e. The number of carbonyl (C=O) groups is 1. The minimum atomic E-state index is -0.649. The van der Waals surface area contributed by atoms with Crippen LogP contribution in [-0.4, -0.2) is 23.7 Å². The number of hydrogen-bond acceptors (Lipinski definition) is 5. The summed E-state index contributed by atoms with van der Waals surface area (Å²) in [5, 5.41) is 3.80. The molecule has 170 valence electrons. The van der Waals surface area contributed by atoms with E-state index in [-0.39, 0.29) is 12.4 Å². The highest BCUT2D eigenvalue weighted by molar-refractivity contribution is 7.80. The van der Waals surface area contributed by atoms with E-state index >= 15 is 0 Å². The van der Waals surface area contributed by atoms with Crippen molar-refractivity contribution in [2.75, 3.05) is 11.9 Å². The van der Waals surface area contributed by atoms with Gasteiger partial charge in [-0.15, -0.1) is 0 Å². The lowest BCUT2D eigenvalue weighted by molar-refractivity contribution is -0.145. The van der Waals surface area contributed by atoms with Gasteiger partial charge in [0.2, 0.25) is 0 Å². The Hall–Kier alpha value is -2.93. The number of rotatable bonds is 7. The zero-order valence-corrected chi connectivity index (χ0v) is 19.7. The van der Waals surface area contributed by atoms with E-state index in [9.17, 15) is 4.79 Å². The van der Waals surface area contributed by atoms with E-state index < -0.39 is 12.2 Å². The van der Waals surface area contributed by atoms with E-state index in [2.05, 4.69) is 5.32 Å². The second-order valence-electron chi connectivity index (χ2n) is 7.58. The molecule has 3 aromatic carbocycles. The van der Waals surface area contributed by atoms with Gasteiger partial charge in [0.15, 0.2) is 0 Å². The monoisotopic (exact) mass is 481 g/mol. The summed E-state index contributed by atoms with van der Waals surface area (Å²) in [5.41, 5.74) is 3.56. The quantitative estimate of drug-likeness (QED) is 0.325. The topological polar surface area (TPSA) is 56.8 Å². The highest BCUT2D eigenvalue weighted by Gasteiger charge is 2.31. The molecular weight excluding hydrogens is 458 g/mol. The zero-order valence-electron chi connectivity index (χ0n) is 18.1. The fraction of sp³-hybridized carbons (Fsp3) is 0.231. The lowest BCUT2D eigenvalue weighted by Gasteiger charge is -2.23. The van der Waals surface area contributed by atoms with Gasteiger partial charge in [0, 0.05) is 16.3 Å². The minimum absolute atomic E-state index is 0.0160. The van der Waals surface area contributed by atoms with Gasteiger partial charge in [-0.2, -0.15) is 0 Å². The first-order valence-corrected chi connectivity index (χ1v) is 11.5. The maximum Gasteiger partial charge on any atom is 0.308 e. The molecule has 0 amide bonds. The molecule has 1 aliphatic heterocycles. The van der Waals surface area contributed by atoms with Gasteiger partial charge in [-0.25, -0.2) is 0 Å². The molecule has 0 aliphatic carbocycles. The van der Waals surface area contributed by atoms with Crippen LogP contribution in [0.5, 0.6) is 5.75 Å². The molecule has 0 aromatic heterocycles. The summed E-state index contributed by atoms with van der Waals surface area (Å²) in [6.45, 7) is 2.52. The van der Waals surface area contributed by atoms with Crippen molar-refractivity contribution in [2.24, 2.45) is 0 Å². The fourth-order valence-electron chi connectivity index (χ4n) is 3.66. The molecule has 0 spiro atoms. The maximum absolute atomic E-state index is 12.2. The number of ether oxygens (including phenoxy) is 3. The van der Waals surface area contributed by atoms with E-state index in [4.69, 9.17) is 38.0 Å². The Kier molecular flexibility index (Phi) is 7.60. The third-order valence-corrected chi connectivity index (χ3v) is 5.81. The Morgan fingerprint density at radius 2 is 1.91 bits per heavy atom. The van der Waals surface area contributed by atoms with Gasteiger partial charge < -0.3 is 19.5 Å². The molecule has 2 unspecified atom stereocenters. The lowest BCUT2D eigenvalue weighted by Crippen LogP contribution is -2.30. The number of benzene rings is 3. The van der Waals surface area contributed by atoms with Crippen LogP contribution in [0, 0.1) is 0 Å². The number of anilines is 1. The van der Waals surface area contributed by atoms with Gasteiger partial charge in [0.25, 0.3) is 0 Å². The lowest BCUT2D eigenvalue weighted by atomic mass is 9.99. The van der Waals surface area contributed by atoms with Crippen molar-refractivity contribution >= 4 is 40.5 Å². The van der Waals surface area contributed by atoms with Crippen LogP contribution in [0.3, 0.4) is 0 Å². The Balaban J connectivity index is 1.64. The first kappa shape index (κ1) is 23.2. The molecule has 1 heterocycles. The average Bonchev–Trinajstić information content (AvgIpc) is 2.95. The second-order valence-corrected chi connectivity index (χ2v) is 8.46. The van der Waals surface area contributed by atoms with Crippen molar-refractivity contribution in [1.82, 2.24) is 0 Å². The molecule has 1 aliphatic rings. The van der Waals surface area contributed by atoms with E-state index in [1.54, 1.807) is 13.0 Å². The normalized spacial score (nSPS) is 17.5. The summed E-state index contributed by atoms with van der Waals surface area (Å²) in [5.74, 6) is 0.347. The number of carbonyl (C=O) groups excluding carboxylic acids is 1. The molecule has 7 heteroatoms. The maximum atomic E-state index is 12.2. The summed E-state index contributed by atoms with van der Waals surface area (Å²) >= 11 is 11.9. The van der Waals surface area contributed by atoms with Gasteiger partial charge in [0.1, 0.15) is 29.6 Å². The zero-order chi connectivity index (χ0) is 23.2. The van der Waals surface area contributed by atoms with Crippen LogP contribution in [0.4, 0.5) is 5.69 Å². The van der Waals surface area contributed by atoms with Crippen LogP contribution in [-0.2, 0) is 20.9 Å². The third-order valence-electron chi connectivity index (χ3n) is 5.21. The van der Waals surface area contributed by atoms with Crippen molar-refractivity contribution in [3.8, 4) is 5.75 Å². The molecule has 33 heavy (non-hydrogen) atoms.